The van der Waals surface area contributed by atoms with Gasteiger partial charge in [0.05, 0.1) is 12.6 Å². The molecule has 0 fully saturated rings. The summed E-state index contributed by atoms with van der Waals surface area (Å²) in [4.78, 5) is 13.1. The van der Waals surface area contributed by atoms with Crippen molar-refractivity contribution in [2.75, 3.05) is 24.7 Å². The van der Waals surface area contributed by atoms with Crippen molar-refractivity contribution in [1.82, 2.24) is 4.90 Å². The Bertz CT molecular complexity index is 368. The summed E-state index contributed by atoms with van der Waals surface area (Å²) < 4.78 is 0. The van der Waals surface area contributed by atoms with Crippen LogP contribution in [0.5, 0.6) is 0 Å². The lowest BCUT2D eigenvalue weighted by molar-refractivity contribution is 0.166. The van der Waals surface area contributed by atoms with Gasteiger partial charge in [-0.3, -0.25) is 0 Å². The fourth-order valence-corrected chi connectivity index (χ4v) is 1.15. The molecule has 1 unspecified atom stereocenters. The largest absolute Gasteiger partial charge is 0.399 e. The number of amides is 2. The number of carbonyl (C=O) groups is 1. The number of nitrogens with zero attached hydrogens (tertiary/aromatic N) is 1. The van der Waals surface area contributed by atoms with E-state index >= 15 is 0 Å². The number of nitrogens with two attached hydrogens (primary N) is 1. The van der Waals surface area contributed by atoms with Crippen LogP contribution in [0.3, 0.4) is 0 Å². The van der Waals surface area contributed by atoms with Crippen molar-refractivity contribution in [3.63, 3.8) is 0 Å². The number of nitrogens with one attached hydrogen (secondary N) is 1. The maximum Gasteiger partial charge on any atom is 0.321 e. The topological polar surface area (TPSA) is 78.6 Å². The van der Waals surface area contributed by atoms with Crippen LogP contribution in [0.4, 0.5) is 16.2 Å². The Labute approximate surface area is 94.9 Å². The predicted molar refractivity (Wildman–Crippen MR) is 64.2 cm³/mol. The summed E-state index contributed by atoms with van der Waals surface area (Å²) in [6, 6.07) is 6.45. The van der Waals surface area contributed by atoms with E-state index in [-0.39, 0.29) is 18.7 Å². The van der Waals surface area contributed by atoms with E-state index in [1.165, 1.54) is 4.90 Å². The summed E-state index contributed by atoms with van der Waals surface area (Å²) in [6.07, 6.45) is 0. The molecule has 4 N–H and O–H groups in total. The van der Waals surface area contributed by atoms with Crippen LogP contribution in [-0.4, -0.2) is 35.7 Å². The van der Waals surface area contributed by atoms with Crippen molar-refractivity contribution in [2.24, 2.45) is 0 Å². The van der Waals surface area contributed by atoms with Crippen LogP contribution < -0.4 is 11.1 Å². The second-order valence-corrected chi connectivity index (χ2v) is 3.70. The molecule has 1 aromatic rings. The maximum atomic E-state index is 11.7. The standard InChI is InChI=1S/C11H17N3O2/c1-8(7-15)14(2)11(16)13-10-5-3-4-9(12)6-10/h3-6,8,15H,7,12H2,1-2H3,(H,13,16). The molecule has 0 aromatic heterocycles. The first-order valence-electron chi connectivity index (χ1n) is 5.05. The minimum absolute atomic E-state index is 0.0686. The first kappa shape index (κ1) is 12.3. The molecular formula is C11H17N3O2. The average molecular weight is 223 g/mol. The van der Waals surface area contributed by atoms with E-state index in [0.717, 1.165) is 0 Å². The van der Waals surface area contributed by atoms with E-state index in [1.54, 1.807) is 38.2 Å². The number of aliphatic hydroxyl groups excluding tert-OH is 1. The highest BCUT2D eigenvalue weighted by Gasteiger charge is 2.14. The SMILES string of the molecule is CC(CO)N(C)C(=O)Nc1cccc(N)c1. The molecule has 0 saturated carbocycles. The lowest BCUT2D eigenvalue weighted by Crippen LogP contribution is -2.40. The molecule has 0 radical (unpaired) electrons. The Morgan fingerprint density at radius 2 is 2.31 bits per heavy atom. The lowest BCUT2D eigenvalue weighted by Gasteiger charge is -2.23. The Kier molecular flexibility index (Phi) is 4.13. The van der Waals surface area contributed by atoms with Gasteiger partial charge in [0, 0.05) is 18.4 Å². The van der Waals surface area contributed by atoms with Gasteiger partial charge in [-0.25, -0.2) is 4.79 Å². The molecule has 16 heavy (non-hydrogen) atoms. The number of anilines is 2. The number of hydrogen-bond acceptors (Lipinski definition) is 3. The van der Waals surface area contributed by atoms with Gasteiger partial charge in [0.25, 0.3) is 0 Å². The van der Waals surface area contributed by atoms with Crippen molar-refractivity contribution < 1.29 is 9.90 Å². The monoisotopic (exact) mass is 223 g/mol. The molecule has 0 saturated heterocycles. The van der Waals surface area contributed by atoms with E-state index in [9.17, 15) is 4.79 Å². The van der Waals surface area contributed by atoms with Crippen LogP contribution in [0, 0.1) is 0 Å². The third kappa shape index (κ3) is 3.13. The quantitative estimate of drug-likeness (QED) is 0.672. The van der Waals surface area contributed by atoms with Gasteiger partial charge < -0.3 is 21.1 Å². The zero-order chi connectivity index (χ0) is 12.1. The van der Waals surface area contributed by atoms with Gasteiger partial charge in [0.1, 0.15) is 0 Å². The zero-order valence-corrected chi connectivity index (χ0v) is 9.47. The number of rotatable bonds is 3. The summed E-state index contributed by atoms with van der Waals surface area (Å²) in [5, 5.41) is 11.6. The summed E-state index contributed by atoms with van der Waals surface area (Å²) in [5.41, 5.74) is 6.83. The highest BCUT2D eigenvalue weighted by atomic mass is 16.3. The third-order valence-electron chi connectivity index (χ3n) is 2.38. The van der Waals surface area contributed by atoms with Gasteiger partial charge >= 0.3 is 6.03 Å². The molecule has 0 bridgehead atoms. The Morgan fingerprint density at radius 1 is 1.62 bits per heavy atom. The predicted octanol–water partition coefficient (Wildman–Crippen LogP) is 1.11. The van der Waals surface area contributed by atoms with Crippen molar-refractivity contribution >= 4 is 17.4 Å². The minimum atomic E-state index is -0.271. The fraction of sp³-hybridized carbons (Fsp3) is 0.364. The molecule has 0 aliphatic carbocycles. The van der Waals surface area contributed by atoms with E-state index in [1.807, 2.05) is 0 Å². The zero-order valence-electron chi connectivity index (χ0n) is 9.47. The van der Waals surface area contributed by atoms with E-state index in [4.69, 9.17) is 10.8 Å². The molecular weight excluding hydrogens is 206 g/mol. The molecule has 1 rings (SSSR count). The summed E-state index contributed by atoms with van der Waals surface area (Å²) in [5.74, 6) is 0. The number of carbonyl (C=O) groups excluding carboxylic acids is 1. The smallest absolute Gasteiger partial charge is 0.321 e. The van der Waals surface area contributed by atoms with Gasteiger partial charge in [-0.1, -0.05) is 6.07 Å². The van der Waals surface area contributed by atoms with Crippen LogP contribution in [0.2, 0.25) is 0 Å². The molecule has 5 heteroatoms. The average Bonchev–Trinajstić information content (AvgIpc) is 2.27. The molecule has 2 amide bonds. The minimum Gasteiger partial charge on any atom is -0.399 e. The highest BCUT2D eigenvalue weighted by Crippen LogP contribution is 2.12. The second kappa shape index (κ2) is 5.37. The number of benzene rings is 1. The number of aliphatic hydroxyl groups is 1. The van der Waals surface area contributed by atoms with Gasteiger partial charge in [0.2, 0.25) is 0 Å². The summed E-state index contributed by atoms with van der Waals surface area (Å²) >= 11 is 0. The molecule has 1 aromatic carbocycles. The van der Waals surface area contributed by atoms with Crippen LogP contribution in [0.1, 0.15) is 6.92 Å². The van der Waals surface area contributed by atoms with Crippen LogP contribution >= 0.6 is 0 Å². The fourth-order valence-electron chi connectivity index (χ4n) is 1.15. The first-order chi connectivity index (χ1) is 7.54. The lowest BCUT2D eigenvalue weighted by atomic mass is 10.3. The number of likely N-dealkylation sites (N-methyl/N-ethyl adjacent to an activating group) is 1. The van der Waals surface area contributed by atoms with Crippen molar-refractivity contribution in [3.05, 3.63) is 24.3 Å². The van der Waals surface area contributed by atoms with Crippen molar-refractivity contribution in [3.8, 4) is 0 Å². The van der Waals surface area contributed by atoms with Gasteiger partial charge in [-0.05, 0) is 25.1 Å². The summed E-state index contributed by atoms with van der Waals surface area (Å²) in [6.45, 7) is 1.69. The number of nitrogen functional groups attached to an aromatic ring is 1. The van der Waals surface area contributed by atoms with Gasteiger partial charge in [-0.2, -0.15) is 0 Å². The molecule has 0 aliphatic rings. The van der Waals surface area contributed by atoms with Gasteiger partial charge in [0.15, 0.2) is 0 Å². The second-order valence-electron chi connectivity index (χ2n) is 3.70. The molecule has 0 spiro atoms. The van der Waals surface area contributed by atoms with E-state index < -0.39 is 0 Å². The van der Waals surface area contributed by atoms with E-state index in [0.29, 0.717) is 11.4 Å². The van der Waals surface area contributed by atoms with Crippen molar-refractivity contribution in [2.45, 2.75) is 13.0 Å². The van der Waals surface area contributed by atoms with Crippen LogP contribution in [0.15, 0.2) is 24.3 Å². The number of hydrogen-bond donors (Lipinski definition) is 3. The number of urea groups is 1. The Balaban J connectivity index is 2.64. The molecule has 88 valence electrons. The first-order valence-corrected chi connectivity index (χ1v) is 5.05. The molecule has 5 nitrogen and oxygen atoms in total. The normalized spacial score (nSPS) is 11.9. The van der Waals surface area contributed by atoms with Crippen LogP contribution in [-0.2, 0) is 0 Å². The molecule has 0 heterocycles. The maximum absolute atomic E-state index is 11.7. The molecule has 1 atom stereocenters. The van der Waals surface area contributed by atoms with Crippen molar-refractivity contribution in [1.29, 1.82) is 0 Å². The van der Waals surface area contributed by atoms with E-state index in [2.05, 4.69) is 5.32 Å². The Morgan fingerprint density at radius 3 is 2.88 bits per heavy atom. The van der Waals surface area contributed by atoms with Crippen LogP contribution in [0.25, 0.3) is 0 Å². The Hall–Kier alpha value is -1.75. The summed E-state index contributed by atoms with van der Waals surface area (Å²) in [7, 11) is 1.63. The van der Waals surface area contributed by atoms with Gasteiger partial charge in [-0.15, -0.1) is 0 Å². The molecule has 0 aliphatic heterocycles. The highest BCUT2D eigenvalue weighted by molar-refractivity contribution is 5.89. The third-order valence-corrected chi connectivity index (χ3v) is 2.38.